The zero-order chi connectivity index (χ0) is 56.8. The van der Waals surface area contributed by atoms with E-state index in [9.17, 15) is 76.6 Å². The second kappa shape index (κ2) is 50.8. The fourth-order valence-corrected chi connectivity index (χ4v) is 5.66. The summed E-state index contributed by atoms with van der Waals surface area (Å²) in [4.78, 5) is 0. The molecule has 0 aliphatic heterocycles. The molecule has 458 valence electrons. The maximum Gasteiger partial charge on any atom is 0.104 e. The first-order valence-electron chi connectivity index (χ1n) is 25.6. The van der Waals surface area contributed by atoms with Gasteiger partial charge in [0.15, 0.2) is 0 Å². The van der Waals surface area contributed by atoms with E-state index in [2.05, 4.69) is 0 Å². The molecule has 0 aliphatic carbocycles. The van der Waals surface area contributed by atoms with Crippen LogP contribution >= 0.6 is 0 Å². The van der Waals surface area contributed by atoms with E-state index in [-0.39, 0.29) is 151 Å². The normalized spacial score (nSPS) is 18.3. The summed E-state index contributed by atoms with van der Waals surface area (Å²) in [5, 5.41) is 144. The number of rotatable bonds is 58. The molecule has 0 radical (unpaired) electrons. The van der Waals surface area contributed by atoms with Crippen LogP contribution in [-0.4, -0.2) is 354 Å². The fourth-order valence-electron chi connectivity index (χ4n) is 5.66. The average molecular weight is 1130 g/mol. The van der Waals surface area contributed by atoms with Crippen LogP contribution in [0.3, 0.4) is 0 Å². The highest BCUT2D eigenvalue weighted by molar-refractivity contribution is 4.70. The second-order valence-electron chi connectivity index (χ2n) is 18.1. The molecule has 0 aromatic heterocycles. The van der Waals surface area contributed by atoms with Crippen molar-refractivity contribution >= 4 is 0 Å². The number of hydrogen-bond acceptors (Lipinski definition) is 29. The largest absolute Gasteiger partial charge is 0.394 e. The smallest absolute Gasteiger partial charge is 0.104 e. The minimum atomic E-state index is -1.17. The van der Waals surface area contributed by atoms with Crippen molar-refractivity contribution in [1.82, 2.24) is 0 Å². The molecule has 0 spiro atoms. The van der Waals surface area contributed by atoms with E-state index in [1.165, 1.54) is 0 Å². The van der Waals surface area contributed by atoms with Crippen molar-refractivity contribution < 1.29 is 143 Å². The van der Waals surface area contributed by atoms with Gasteiger partial charge < -0.3 is 143 Å². The van der Waals surface area contributed by atoms with Crippen LogP contribution in [0.1, 0.15) is 20.3 Å². The summed E-state index contributed by atoms with van der Waals surface area (Å²) in [7, 11) is 0. The van der Waals surface area contributed by atoms with Crippen molar-refractivity contribution in [3.8, 4) is 0 Å². The lowest BCUT2D eigenvalue weighted by Crippen LogP contribution is -2.38. The average Bonchev–Trinajstić information content (AvgIpc) is 3.42. The maximum absolute atomic E-state index is 10.1. The first kappa shape index (κ1) is 74.8. The Bertz CT molecular complexity index is 994. The molecule has 0 amide bonds. The fraction of sp³-hybridized carbons (Fsp3) is 1.00. The van der Waals surface area contributed by atoms with Gasteiger partial charge in [-0.15, -0.1) is 0 Å². The Labute approximate surface area is 445 Å². The first-order valence-corrected chi connectivity index (χ1v) is 25.6. The SMILES string of the molecule is CCC(O)COCC(COCC(O)CO)OCC(COC(COCC(O)CO)COCC(O)CO)OC[C@@H](C)COC(COC(COCC(O)CO)COCC(O)CO)COC(COCC(O)CO)COCC(O)CO. The Kier molecular flexibility index (Phi) is 50.0. The summed E-state index contributed by atoms with van der Waals surface area (Å²) in [5.41, 5.74) is 0. The van der Waals surface area contributed by atoms with E-state index in [1.807, 2.05) is 6.92 Å². The Morgan fingerprint density at radius 1 is 0.224 bits per heavy atom. The van der Waals surface area contributed by atoms with Crippen LogP contribution in [-0.2, 0) is 66.3 Å². The molecular weight excluding hydrogens is 1030 g/mol. The summed E-state index contributed by atoms with van der Waals surface area (Å²) in [6.45, 7) is -3.43. The minimum absolute atomic E-state index is 0.00234. The maximum atomic E-state index is 10.1. The number of aliphatic hydroxyl groups excluding tert-OH is 15. The van der Waals surface area contributed by atoms with Crippen LogP contribution in [0.2, 0.25) is 0 Å². The molecular formula is C47H96O29. The molecule has 0 aromatic carbocycles. The third-order valence-electron chi connectivity index (χ3n) is 10.2. The minimum Gasteiger partial charge on any atom is -0.394 e. The van der Waals surface area contributed by atoms with Crippen molar-refractivity contribution in [3.63, 3.8) is 0 Å². The number of hydrogen-bond donors (Lipinski definition) is 15. The van der Waals surface area contributed by atoms with Gasteiger partial charge in [0, 0.05) is 5.92 Å². The van der Waals surface area contributed by atoms with Crippen LogP contribution in [0.15, 0.2) is 0 Å². The summed E-state index contributed by atoms with van der Waals surface area (Å²) in [6.07, 6.45) is -13.4. The predicted molar refractivity (Wildman–Crippen MR) is 262 cm³/mol. The van der Waals surface area contributed by atoms with Gasteiger partial charge in [0.25, 0.3) is 0 Å². The highest BCUT2D eigenvalue weighted by Gasteiger charge is 2.24. The summed E-state index contributed by atoms with van der Waals surface area (Å²) in [5.74, 6) is -0.379. The lowest BCUT2D eigenvalue weighted by atomic mass is 10.2. The van der Waals surface area contributed by atoms with Crippen molar-refractivity contribution in [2.24, 2.45) is 5.92 Å². The molecule has 0 aromatic rings. The molecule has 0 bridgehead atoms. The Morgan fingerprint density at radius 3 is 0.553 bits per heavy atom. The predicted octanol–water partition coefficient (Wildman–Crippen LogP) is -7.69. The first-order chi connectivity index (χ1) is 36.5. The third-order valence-corrected chi connectivity index (χ3v) is 10.2. The summed E-state index contributed by atoms with van der Waals surface area (Å²) < 4.78 is 81.6. The topological polar surface area (TPSA) is 433 Å². The van der Waals surface area contributed by atoms with E-state index in [4.69, 9.17) is 66.3 Å². The molecule has 11 atom stereocenters. The Morgan fingerprint density at radius 2 is 0.382 bits per heavy atom. The zero-order valence-electron chi connectivity index (χ0n) is 44.3. The van der Waals surface area contributed by atoms with Crippen LogP contribution in [0.4, 0.5) is 0 Å². The molecule has 15 N–H and O–H groups in total. The Hall–Kier alpha value is -1.16. The molecule has 10 unspecified atom stereocenters. The zero-order valence-corrected chi connectivity index (χ0v) is 44.3. The van der Waals surface area contributed by atoms with E-state index >= 15 is 0 Å². The van der Waals surface area contributed by atoms with Gasteiger partial charge >= 0.3 is 0 Å². The Balaban J connectivity index is 6.53. The van der Waals surface area contributed by atoms with Crippen LogP contribution in [0.5, 0.6) is 0 Å². The second-order valence-corrected chi connectivity index (χ2v) is 18.1. The van der Waals surface area contributed by atoms with E-state index < -0.39 is 132 Å². The van der Waals surface area contributed by atoms with Crippen LogP contribution in [0, 0.1) is 5.92 Å². The van der Waals surface area contributed by atoms with Gasteiger partial charge in [0.1, 0.15) is 79.4 Å². The van der Waals surface area contributed by atoms with Crippen molar-refractivity contribution in [3.05, 3.63) is 0 Å². The lowest BCUT2D eigenvalue weighted by Gasteiger charge is -2.28. The monoisotopic (exact) mass is 1120 g/mol. The van der Waals surface area contributed by atoms with Crippen molar-refractivity contribution in [2.75, 3.05) is 192 Å². The number of aliphatic hydroxyl groups is 15. The lowest BCUT2D eigenvalue weighted by molar-refractivity contribution is -0.151. The highest BCUT2D eigenvalue weighted by Crippen LogP contribution is 2.12. The van der Waals surface area contributed by atoms with E-state index in [0.29, 0.717) is 6.42 Å². The molecule has 0 fully saturated rings. The van der Waals surface area contributed by atoms with Crippen LogP contribution in [0.25, 0.3) is 0 Å². The van der Waals surface area contributed by atoms with Gasteiger partial charge in [0.2, 0.25) is 0 Å². The number of ether oxygens (including phenoxy) is 14. The molecule has 0 heterocycles. The summed E-state index contributed by atoms with van der Waals surface area (Å²) >= 11 is 0. The van der Waals surface area contributed by atoms with E-state index in [1.54, 1.807) is 6.92 Å². The van der Waals surface area contributed by atoms with Gasteiger partial charge in [-0.1, -0.05) is 13.8 Å². The molecule has 0 rings (SSSR count). The molecule has 0 aliphatic rings. The van der Waals surface area contributed by atoms with Gasteiger partial charge in [-0.05, 0) is 6.42 Å². The molecule has 76 heavy (non-hydrogen) atoms. The van der Waals surface area contributed by atoms with Gasteiger partial charge in [-0.25, -0.2) is 0 Å². The van der Waals surface area contributed by atoms with Gasteiger partial charge in [-0.2, -0.15) is 0 Å². The molecule has 0 saturated heterocycles. The van der Waals surface area contributed by atoms with Gasteiger partial charge in [-0.3, -0.25) is 0 Å². The van der Waals surface area contributed by atoms with Gasteiger partial charge in [0.05, 0.1) is 198 Å². The molecule has 29 nitrogen and oxygen atoms in total. The van der Waals surface area contributed by atoms with Crippen LogP contribution < -0.4 is 0 Å². The molecule has 0 saturated carbocycles. The third kappa shape index (κ3) is 43.6. The summed E-state index contributed by atoms with van der Waals surface area (Å²) in [6, 6.07) is 0. The van der Waals surface area contributed by atoms with Crippen molar-refractivity contribution in [2.45, 2.75) is 106 Å². The quantitative estimate of drug-likeness (QED) is 0.0269. The highest BCUT2D eigenvalue weighted by atomic mass is 16.6. The van der Waals surface area contributed by atoms with E-state index in [0.717, 1.165) is 0 Å². The standard InChI is InChI=1S/C47H96O29/c1-3-34(55)13-63-21-42(22-64-14-35(56)4-48)73-29-46(30-74-43(23-65-15-36(57)5-49)24-66-16-37(58)6-50)71-11-33(2)12-72-47(31-75-44(25-67-17-38(59)7-51)26-68-18-39(60)8-52)32-76-45(27-69-19-40(61)9-53)28-70-20-41(62)10-54/h33-62H,3-32H2,1-2H3/t33-,34?,35?,36?,37?,38?,39?,40?,41?,42?,43?,44?,45?,46?,47?/m1/s1. The van der Waals surface area contributed by atoms with Crippen molar-refractivity contribution in [1.29, 1.82) is 0 Å². The molecule has 29 heteroatoms.